The van der Waals surface area contributed by atoms with Crippen LogP contribution in [-0.4, -0.2) is 19.9 Å². The molecule has 2 aromatic rings. The maximum atomic E-state index is 13.6. The molecule has 2 rings (SSSR count). The molecular formula is C14H12FN3O2S. The van der Waals surface area contributed by atoms with E-state index < -0.39 is 21.4 Å². The molecule has 0 atom stereocenters. The number of anilines is 1. The van der Waals surface area contributed by atoms with Crippen molar-refractivity contribution in [3.8, 4) is 6.07 Å². The average molecular weight is 305 g/mol. The molecule has 7 heteroatoms. The number of aromatic nitrogens is 1. The van der Waals surface area contributed by atoms with Crippen molar-refractivity contribution >= 4 is 15.7 Å². The Bertz CT molecular complexity index is 786. The highest BCUT2D eigenvalue weighted by molar-refractivity contribution is 7.92. The fourth-order valence-corrected chi connectivity index (χ4v) is 3.58. The van der Waals surface area contributed by atoms with Crippen molar-refractivity contribution in [2.45, 2.75) is 11.8 Å². The van der Waals surface area contributed by atoms with Crippen molar-refractivity contribution < 1.29 is 12.8 Å². The molecule has 5 nitrogen and oxygen atoms in total. The van der Waals surface area contributed by atoms with Gasteiger partial charge in [0.1, 0.15) is 22.3 Å². The molecule has 1 aromatic carbocycles. The maximum absolute atomic E-state index is 13.6. The third-order valence-electron chi connectivity index (χ3n) is 2.89. The monoisotopic (exact) mass is 305 g/mol. The highest BCUT2D eigenvalue weighted by Gasteiger charge is 2.27. The minimum atomic E-state index is -4.03. The van der Waals surface area contributed by atoms with Crippen LogP contribution in [0.25, 0.3) is 0 Å². The van der Waals surface area contributed by atoms with Crippen molar-refractivity contribution in [3.63, 3.8) is 0 Å². The predicted octanol–water partition coefficient (Wildman–Crippen LogP) is 2.31. The number of hydrogen-bond acceptors (Lipinski definition) is 4. The first-order valence-electron chi connectivity index (χ1n) is 6.13. The standard InChI is InChI=1S/C14H12FN3O2S/c1-2-18(11-6-8-17-9-7-11)21(19,20)14-5-3-4-13(15)12(14)10-16/h3-9H,2H2,1H3. The summed E-state index contributed by atoms with van der Waals surface area (Å²) < 4.78 is 40.1. The molecule has 0 fully saturated rings. The van der Waals surface area contributed by atoms with Crippen molar-refractivity contribution in [2.24, 2.45) is 0 Å². The van der Waals surface area contributed by atoms with E-state index in [0.717, 1.165) is 10.4 Å². The zero-order valence-electron chi connectivity index (χ0n) is 11.2. The largest absolute Gasteiger partial charge is 0.266 e. The summed E-state index contributed by atoms with van der Waals surface area (Å²) in [7, 11) is -4.03. The second kappa shape index (κ2) is 5.89. The smallest absolute Gasteiger partial charge is 0.265 e. The molecule has 1 aromatic heterocycles. The summed E-state index contributed by atoms with van der Waals surface area (Å²) in [6.45, 7) is 1.80. The summed E-state index contributed by atoms with van der Waals surface area (Å²) in [6.07, 6.45) is 2.93. The van der Waals surface area contributed by atoms with Crippen LogP contribution >= 0.6 is 0 Å². The number of nitrogens with zero attached hydrogens (tertiary/aromatic N) is 3. The summed E-state index contributed by atoms with van der Waals surface area (Å²) in [6, 6.07) is 8.22. The first kappa shape index (κ1) is 14.9. The van der Waals surface area contributed by atoms with E-state index in [-0.39, 0.29) is 11.4 Å². The Kier molecular flexibility index (Phi) is 4.19. The average Bonchev–Trinajstić information content (AvgIpc) is 2.48. The van der Waals surface area contributed by atoms with E-state index in [1.54, 1.807) is 13.0 Å². The van der Waals surface area contributed by atoms with E-state index in [9.17, 15) is 12.8 Å². The molecule has 0 amide bonds. The molecule has 0 N–H and O–H groups in total. The van der Waals surface area contributed by atoms with Gasteiger partial charge in [0.2, 0.25) is 0 Å². The number of halogens is 1. The molecule has 0 bridgehead atoms. The van der Waals surface area contributed by atoms with E-state index in [1.807, 2.05) is 0 Å². The summed E-state index contributed by atoms with van der Waals surface area (Å²) in [5.41, 5.74) is -0.0781. The lowest BCUT2D eigenvalue weighted by Gasteiger charge is -2.23. The molecule has 0 saturated carbocycles. The molecule has 1 heterocycles. The second-order valence-corrected chi connectivity index (χ2v) is 5.93. The Morgan fingerprint density at radius 2 is 1.95 bits per heavy atom. The normalized spacial score (nSPS) is 10.9. The third kappa shape index (κ3) is 2.71. The van der Waals surface area contributed by atoms with Gasteiger partial charge in [-0.3, -0.25) is 9.29 Å². The van der Waals surface area contributed by atoms with Gasteiger partial charge in [0.15, 0.2) is 0 Å². The third-order valence-corrected chi connectivity index (χ3v) is 4.84. The van der Waals surface area contributed by atoms with Gasteiger partial charge in [0.25, 0.3) is 10.0 Å². The number of nitriles is 1. The van der Waals surface area contributed by atoms with Crippen molar-refractivity contribution in [1.29, 1.82) is 5.26 Å². The minimum absolute atomic E-state index is 0.147. The number of hydrogen-bond donors (Lipinski definition) is 0. The lowest BCUT2D eigenvalue weighted by Crippen LogP contribution is -2.31. The molecule has 0 spiro atoms. The van der Waals surface area contributed by atoms with E-state index >= 15 is 0 Å². The van der Waals surface area contributed by atoms with Crippen LogP contribution in [0.4, 0.5) is 10.1 Å². The highest BCUT2D eigenvalue weighted by atomic mass is 32.2. The second-order valence-electron chi connectivity index (χ2n) is 4.10. The first-order chi connectivity index (χ1) is 10.0. The summed E-state index contributed by atoms with van der Waals surface area (Å²) in [5, 5.41) is 9.00. The van der Waals surface area contributed by atoms with Crippen LogP contribution in [0.5, 0.6) is 0 Å². The van der Waals surface area contributed by atoms with Crippen LogP contribution < -0.4 is 4.31 Å². The van der Waals surface area contributed by atoms with Crippen molar-refractivity contribution in [3.05, 3.63) is 54.1 Å². The molecule has 0 radical (unpaired) electrons. The quantitative estimate of drug-likeness (QED) is 0.868. The van der Waals surface area contributed by atoms with Crippen LogP contribution in [0.3, 0.4) is 0 Å². The number of pyridine rings is 1. The van der Waals surface area contributed by atoms with Crippen LogP contribution in [0, 0.1) is 17.1 Å². The number of benzene rings is 1. The molecule has 108 valence electrons. The molecule has 0 unspecified atom stereocenters. The van der Waals surface area contributed by atoms with Gasteiger partial charge in [-0.15, -0.1) is 0 Å². The first-order valence-corrected chi connectivity index (χ1v) is 7.57. The van der Waals surface area contributed by atoms with Crippen molar-refractivity contribution in [2.75, 3.05) is 10.8 Å². The molecule has 0 aliphatic carbocycles. The molecule has 21 heavy (non-hydrogen) atoms. The van der Waals surface area contributed by atoms with Gasteiger partial charge in [-0.2, -0.15) is 5.26 Å². The Hall–Kier alpha value is -2.46. The van der Waals surface area contributed by atoms with Crippen LogP contribution in [-0.2, 0) is 10.0 Å². The Balaban J connectivity index is 2.62. The summed E-state index contributed by atoms with van der Waals surface area (Å²) in [4.78, 5) is 3.49. The van der Waals surface area contributed by atoms with Crippen molar-refractivity contribution in [1.82, 2.24) is 4.98 Å². The zero-order valence-corrected chi connectivity index (χ0v) is 12.0. The number of rotatable bonds is 4. The van der Waals surface area contributed by atoms with E-state index in [4.69, 9.17) is 5.26 Å². The Morgan fingerprint density at radius 3 is 2.52 bits per heavy atom. The SMILES string of the molecule is CCN(c1ccncc1)S(=O)(=O)c1cccc(F)c1C#N. The van der Waals surface area contributed by atoms with Gasteiger partial charge < -0.3 is 0 Å². The van der Waals surface area contributed by atoms with Crippen LogP contribution in [0.15, 0.2) is 47.6 Å². The molecular weight excluding hydrogens is 293 g/mol. The van der Waals surface area contributed by atoms with Gasteiger partial charge in [0, 0.05) is 18.9 Å². The van der Waals surface area contributed by atoms with Crippen LogP contribution in [0.2, 0.25) is 0 Å². The zero-order chi connectivity index (χ0) is 15.5. The van der Waals surface area contributed by atoms with Gasteiger partial charge >= 0.3 is 0 Å². The highest BCUT2D eigenvalue weighted by Crippen LogP contribution is 2.26. The molecule has 0 aliphatic heterocycles. The van der Waals surface area contributed by atoms with Gasteiger partial charge in [-0.05, 0) is 31.2 Å². The topological polar surface area (TPSA) is 74.1 Å². The lowest BCUT2D eigenvalue weighted by molar-refractivity contribution is 0.585. The number of sulfonamides is 1. The van der Waals surface area contributed by atoms with E-state index in [0.29, 0.717) is 5.69 Å². The predicted molar refractivity (Wildman–Crippen MR) is 75.6 cm³/mol. The van der Waals surface area contributed by atoms with E-state index in [1.165, 1.54) is 36.7 Å². The molecule has 0 aliphatic rings. The van der Waals surface area contributed by atoms with Gasteiger partial charge in [-0.1, -0.05) is 6.07 Å². The lowest BCUT2D eigenvalue weighted by atomic mass is 10.2. The van der Waals surface area contributed by atoms with Crippen LogP contribution in [0.1, 0.15) is 12.5 Å². The summed E-state index contributed by atoms with van der Waals surface area (Å²) >= 11 is 0. The minimum Gasteiger partial charge on any atom is -0.266 e. The van der Waals surface area contributed by atoms with E-state index in [2.05, 4.69) is 4.98 Å². The van der Waals surface area contributed by atoms with Gasteiger partial charge in [0.05, 0.1) is 5.69 Å². The Morgan fingerprint density at radius 1 is 1.29 bits per heavy atom. The van der Waals surface area contributed by atoms with Gasteiger partial charge in [-0.25, -0.2) is 12.8 Å². The fraction of sp³-hybridized carbons (Fsp3) is 0.143. The fourth-order valence-electron chi connectivity index (χ4n) is 1.95. The Labute approximate surface area is 122 Å². The summed E-state index contributed by atoms with van der Waals surface area (Å²) in [5.74, 6) is -0.857. The molecule has 0 saturated heterocycles. The maximum Gasteiger partial charge on any atom is 0.265 e.